The molecule has 0 aliphatic heterocycles. The molecule has 0 aromatic rings. The van der Waals surface area contributed by atoms with Crippen LogP contribution < -0.4 is 5.32 Å². The summed E-state index contributed by atoms with van der Waals surface area (Å²) in [6.07, 6.45) is 15.0. The molecule has 2 heteroatoms. The average molecular weight is 296 g/mol. The van der Waals surface area contributed by atoms with Crippen molar-refractivity contribution in [2.24, 2.45) is 5.92 Å². The van der Waals surface area contributed by atoms with Gasteiger partial charge in [-0.25, -0.2) is 0 Å². The van der Waals surface area contributed by atoms with Crippen LogP contribution in [-0.4, -0.2) is 24.3 Å². The predicted octanol–water partition coefficient (Wildman–Crippen LogP) is 5.06. The highest BCUT2D eigenvalue weighted by Crippen LogP contribution is 2.37. The molecule has 0 spiro atoms. The van der Waals surface area contributed by atoms with Crippen LogP contribution >= 0.6 is 0 Å². The molecule has 0 bridgehead atoms. The summed E-state index contributed by atoms with van der Waals surface area (Å²) in [5.41, 5.74) is 0.129. The topological polar surface area (TPSA) is 21.3 Å². The number of hydrogen-bond acceptors (Lipinski definition) is 2. The van der Waals surface area contributed by atoms with Gasteiger partial charge >= 0.3 is 0 Å². The van der Waals surface area contributed by atoms with E-state index in [0.29, 0.717) is 6.10 Å². The molecule has 3 atom stereocenters. The van der Waals surface area contributed by atoms with E-state index in [1.807, 2.05) is 0 Å². The molecular formula is C19H37NO. The average Bonchev–Trinajstić information content (AvgIpc) is 3.26. The normalized spacial score (nSPS) is 31.3. The Morgan fingerprint density at radius 2 is 2.00 bits per heavy atom. The Hall–Kier alpha value is -0.0800. The SMILES string of the molecule is CCCCCCC(C)OC1(CNC2CC2)CCCC(C)C1. The number of hydrogen-bond donors (Lipinski definition) is 1. The highest BCUT2D eigenvalue weighted by atomic mass is 16.5. The van der Waals surface area contributed by atoms with Crippen LogP contribution in [0.2, 0.25) is 0 Å². The van der Waals surface area contributed by atoms with E-state index in [0.717, 1.165) is 18.5 Å². The zero-order chi connectivity index (χ0) is 15.1. The summed E-state index contributed by atoms with van der Waals surface area (Å²) in [6, 6.07) is 0.794. The molecule has 21 heavy (non-hydrogen) atoms. The van der Waals surface area contributed by atoms with Crippen LogP contribution in [0.1, 0.15) is 91.4 Å². The summed E-state index contributed by atoms with van der Waals surface area (Å²) >= 11 is 0. The van der Waals surface area contributed by atoms with Gasteiger partial charge in [-0.1, -0.05) is 52.4 Å². The maximum Gasteiger partial charge on any atom is 0.0812 e. The van der Waals surface area contributed by atoms with E-state index in [1.165, 1.54) is 70.6 Å². The van der Waals surface area contributed by atoms with Crippen molar-refractivity contribution in [3.8, 4) is 0 Å². The summed E-state index contributed by atoms with van der Waals surface area (Å²) in [7, 11) is 0. The summed E-state index contributed by atoms with van der Waals surface area (Å²) in [6.45, 7) is 8.06. The van der Waals surface area contributed by atoms with Gasteiger partial charge in [-0.05, 0) is 44.9 Å². The lowest BCUT2D eigenvalue weighted by atomic mass is 9.78. The second-order valence-electron chi connectivity index (χ2n) is 7.82. The Morgan fingerprint density at radius 1 is 1.19 bits per heavy atom. The Kier molecular flexibility index (Phi) is 7.01. The first-order valence-electron chi connectivity index (χ1n) is 9.55. The smallest absolute Gasteiger partial charge is 0.0812 e. The third-order valence-corrected chi connectivity index (χ3v) is 5.26. The molecule has 0 heterocycles. The van der Waals surface area contributed by atoms with E-state index in [1.54, 1.807) is 0 Å². The number of nitrogens with one attached hydrogen (secondary N) is 1. The van der Waals surface area contributed by atoms with Gasteiger partial charge in [0.1, 0.15) is 0 Å². The van der Waals surface area contributed by atoms with Gasteiger partial charge in [0, 0.05) is 12.6 Å². The molecule has 2 nitrogen and oxygen atoms in total. The molecule has 0 radical (unpaired) electrons. The zero-order valence-electron chi connectivity index (χ0n) is 14.6. The Balaban J connectivity index is 1.79. The largest absolute Gasteiger partial charge is 0.371 e. The van der Waals surface area contributed by atoms with E-state index in [2.05, 4.69) is 26.1 Å². The lowest BCUT2D eigenvalue weighted by molar-refractivity contribution is -0.117. The van der Waals surface area contributed by atoms with Gasteiger partial charge in [-0.15, -0.1) is 0 Å². The maximum atomic E-state index is 6.65. The van der Waals surface area contributed by atoms with Gasteiger partial charge < -0.3 is 10.1 Å². The molecule has 0 saturated heterocycles. The fourth-order valence-electron chi connectivity index (χ4n) is 3.88. The van der Waals surface area contributed by atoms with Crippen LogP contribution in [0.25, 0.3) is 0 Å². The minimum Gasteiger partial charge on any atom is -0.371 e. The Bertz CT molecular complexity index is 289. The van der Waals surface area contributed by atoms with Crippen LogP contribution in [0.5, 0.6) is 0 Å². The number of unbranched alkanes of at least 4 members (excludes halogenated alkanes) is 3. The molecule has 2 saturated carbocycles. The lowest BCUT2D eigenvalue weighted by Gasteiger charge is -2.42. The molecule has 2 aliphatic rings. The predicted molar refractivity (Wildman–Crippen MR) is 90.7 cm³/mol. The van der Waals surface area contributed by atoms with Crippen LogP contribution in [0.15, 0.2) is 0 Å². The molecule has 3 unspecified atom stereocenters. The second kappa shape index (κ2) is 8.53. The van der Waals surface area contributed by atoms with Gasteiger partial charge in [0.2, 0.25) is 0 Å². The molecule has 0 aromatic carbocycles. The van der Waals surface area contributed by atoms with Crippen molar-refractivity contribution >= 4 is 0 Å². The third kappa shape index (κ3) is 6.28. The van der Waals surface area contributed by atoms with E-state index < -0.39 is 0 Å². The molecule has 0 aromatic heterocycles. The Labute approximate surface area is 132 Å². The van der Waals surface area contributed by atoms with Crippen molar-refractivity contribution in [1.82, 2.24) is 5.32 Å². The van der Waals surface area contributed by atoms with Gasteiger partial charge in [0.15, 0.2) is 0 Å². The van der Waals surface area contributed by atoms with Crippen molar-refractivity contribution in [3.63, 3.8) is 0 Å². The first kappa shape index (κ1) is 17.3. The van der Waals surface area contributed by atoms with E-state index in [-0.39, 0.29) is 5.60 Å². The summed E-state index contributed by atoms with van der Waals surface area (Å²) < 4.78 is 6.65. The van der Waals surface area contributed by atoms with Crippen molar-refractivity contribution in [3.05, 3.63) is 0 Å². The van der Waals surface area contributed by atoms with E-state index in [4.69, 9.17) is 4.74 Å². The summed E-state index contributed by atoms with van der Waals surface area (Å²) in [5.74, 6) is 0.826. The number of rotatable bonds is 10. The minimum absolute atomic E-state index is 0.129. The van der Waals surface area contributed by atoms with Gasteiger partial charge in [-0.3, -0.25) is 0 Å². The van der Waals surface area contributed by atoms with Crippen LogP contribution in [-0.2, 0) is 4.74 Å². The first-order chi connectivity index (χ1) is 10.1. The molecule has 0 amide bonds. The minimum atomic E-state index is 0.129. The molecule has 124 valence electrons. The maximum absolute atomic E-state index is 6.65. The van der Waals surface area contributed by atoms with Gasteiger partial charge in [0.05, 0.1) is 11.7 Å². The van der Waals surface area contributed by atoms with Crippen molar-refractivity contribution < 1.29 is 4.74 Å². The Morgan fingerprint density at radius 3 is 2.67 bits per heavy atom. The summed E-state index contributed by atoms with van der Waals surface area (Å²) in [4.78, 5) is 0. The van der Waals surface area contributed by atoms with Crippen molar-refractivity contribution in [2.75, 3.05) is 6.54 Å². The standard InChI is InChI=1S/C19H37NO/c1-4-5-6-7-10-17(3)21-19(15-20-18-11-12-18)13-8-9-16(2)14-19/h16-18,20H,4-15H2,1-3H3. The van der Waals surface area contributed by atoms with Crippen LogP contribution in [0.4, 0.5) is 0 Å². The fourth-order valence-corrected chi connectivity index (χ4v) is 3.88. The lowest BCUT2D eigenvalue weighted by Crippen LogP contribution is -2.48. The second-order valence-corrected chi connectivity index (χ2v) is 7.82. The van der Waals surface area contributed by atoms with Crippen LogP contribution in [0.3, 0.4) is 0 Å². The monoisotopic (exact) mass is 295 g/mol. The van der Waals surface area contributed by atoms with E-state index in [9.17, 15) is 0 Å². The van der Waals surface area contributed by atoms with Gasteiger partial charge in [0.25, 0.3) is 0 Å². The fraction of sp³-hybridized carbons (Fsp3) is 1.00. The number of ether oxygens (including phenoxy) is 1. The zero-order valence-corrected chi connectivity index (χ0v) is 14.6. The quantitative estimate of drug-likeness (QED) is 0.569. The summed E-state index contributed by atoms with van der Waals surface area (Å²) in [5, 5.41) is 3.74. The molecule has 2 aliphatic carbocycles. The van der Waals surface area contributed by atoms with Gasteiger partial charge in [-0.2, -0.15) is 0 Å². The molecule has 1 N–H and O–H groups in total. The highest BCUT2D eigenvalue weighted by Gasteiger charge is 2.38. The highest BCUT2D eigenvalue weighted by molar-refractivity contribution is 4.93. The molecule has 2 fully saturated rings. The third-order valence-electron chi connectivity index (χ3n) is 5.26. The first-order valence-corrected chi connectivity index (χ1v) is 9.55. The van der Waals surface area contributed by atoms with E-state index >= 15 is 0 Å². The van der Waals surface area contributed by atoms with Crippen LogP contribution in [0, 0.1) is 5.92 Å². The molecular weight excluding hydrogens is 258 g/mol. The van der Waals surface area contributed by atoms with Crippen molar-refractivity contribution in [2.45, 2.75) is 109 Å². The molecule has 2 rings (SSSR count). The van der Waals surface area contributed by atoms with Crippen molar-refractivity contribution in [1.29, 1.82) is 0 Å².